The molecular weight excluding hydrogens is 256 g/mol. The number of hydrogen-bond acceptors (Lipinski definition) is 5. The van der Waals surface area contributed by atoms with Gasteiger partial charge in [-0.1, -0.05) is 12.1 Å². The number of carboxylic acid groups (broad SMARTS) is 1. The Bertz CT molecular complexity index is 421. The predicted molar refractivity (Wildman–Crippen MR) is 67.5 cm³/mol. The van der Waals surface area contributed by atoms with Gasteiger partial charge in [0.1, 0.15) is 6.54 Å². The fourth-order valence-electron chi connectivity index (χ4n) is 1.31. The number of thioether (sulfide) groups is 1. The predicted octanol–water partition coefficient (Wildman–Crippen LogP) is 0.0916. The Morgan fingerprint density at radius 1 is 1.61 bits per heavy atom. The summed E-state index contributed by atoms with van der Waals surface area (Å²) in [7, 11) is 0. The molecule has 0 aliphatic rings. The van der Waals surface area contributed by atoms with Crippen LogP contribution in [-0.2, 0) is 11.3 Å². The van der Waals surface area contributed by atoms with Gasteiger partial charge in [0, 0.05) is 6.54 Å². The van der Waals surface area contributed by atoms with Gasteiger partial charge < -0.3 is 10.4 Å². The molecule has 0 saturated carbocycles. The Kier molecular flexibility index (Phi) is 5.63. The monoisotopic (exact) mass is 272 g/mol. The van der Waals surface area contributed by atoms with E-state index in [1.54, 1.807) is 11.8 Å². The van der Waals surface area contributed by atoms with Crippen molar-refractivity contribution in [2.45, 2.75) is 13.5 Å². The van der Waals surface area contributed by atoms with Crippen molar-refractivity contribution in [1.82, 2.24) is 20.3 Å². The number of aromatic carboxylic acids is 1. The fraction of sp³-hybridized carbons (Fsp3) is 0.600. The van der Waals surface area contributed by atoms with Gasteiger partial charge in [0.15, 0.2) is 5.69 Å². The summed E-state index contributed by atoms with van der Waals surface area (Å²) in [5.41, 5.74) is -0.168. The second-order valence-corrected chi connectivity index (χ2v) is 4.88. The highest BCUT2D eigenvalue weighted by molar-refractivity contribution is 7.98. The summed E-state index contributed by atoms with van der Waals surface area (Å²) >= 11 is 1.73. The highest BCUT2D eigenvalue weighted by atomic mass is 32.2. The van der Waals surface area contributed by atoms with E-state index in [4.69, 9.17) is 5.11 Å². The molecule has 18 heavy (non-hydrogen) atoms. The Morgan fingerprint density at radius 3 is 2.89 bits per heavy atom. The Hall–Kier alpha value is -1.57. The van der Waals surface area contributed by atoms with Crippen LogP contribution in [0.4, 0.5) is 0 Å². The number of rotatable bonds is 7. The molecule has 0 fully saturated rings. The van der Waals surface area contributed by atoms with Crippen molar-refractivity contribution in [2.24, 2.45) is 5.92 Å². The molecule has 1 atom stereocenters. The van der Waals surface area contributed by atoms with Gasteiger partial charge in [0.25, 0.3) is 0 Å². The van der Waals surface area contributed by atoms with E-state index in [1.165, 1.54) is 10.9 Å². The molecule has 1 aromatic heterocycles. The van der Waals surface area contributed by atoms with Crippen LogP contribution in [0.15, 0.2) is 6.20 Å². The van der Waals surface area contributed by atoms with Gasteiger partial charge in [0.2, 0.25) is 5.91 Å². The minimum atomic E-state index is -1.16. The summed E-state index contributed by atoms with van der Waals surface area (Å²) < 4.78 is 1.21. The lowest BCUT2D eigenvalue weighted by Crippen LogP contribution is -2.32. The molecule has 1 rings (SSSR count). The van der Waals surface area contributed by atoms with Crippen molar-refractivity contribution < 1.29 is 14.7 Å². The zero-order chi connectivity index (χ0) is 13.5. The molecule has 2 N–H and O–H groups in total. The smallest absolute Gasteiger partial charge is 0.358 e. The topological polar surface area (TPSA) is 97.1 Å². The summed E-state index contributed by atoms with van der Waals surface area (Å²) in [6, 6.07) is 0. The van der Waals surface area contributed by atoms with Crippen LogP contribution in [-0.4, -0.2) is 50.5 Å². The quantitative estimate of drug-likeness (QED) is 0.730. The zero-order valence-electron chi connectivity index (χ0n) is 10.3. The molecule has 1 heterocycles. The van der Waals surface area contributed by atoms with Crippen molar-refractivity contribution in [3.63, 3.8) is 0 Å². The number of carbonyl (C=O) groups is 2. The maximum absolute atomic E-state index is 11.5. The van der Waals surface area contributed by atoms with Crippen molar-refractivity contribution >= 4 is 23.6 Å². The van der Waals surface area contributed by atoms with Crippen molar-refractivity contribution in [3.8, 4) is 0 Å². The normalized spacial score (nSPS) is 12.1. The minimum absolute atomic E-state index is 0.0216. The van der Waals surface area contributed by atoms with E-state index in [-0.39, 0.29) is 18.1 Å². The summed E-state index contributed by atoms with van der Waals surface area (Å²) in [6.07, 6.45) is 3.24. The van der Waals surface area contributed by atoms with E-state index in [0.29, 0.717) is 12.5 Å². The lowest BCUT2D eigenvalue weighted by molar-refractivity contribution is -0.122. The maximum Gasteiger partial charge on any atom is 0.358 e. The van der Waals surface area contributed by atoms with Crippen LogP contribution in [0.5, 0.6) is 0 Å². The number of aromatic nitrogens is 3. The standard InChI is InChI=1S/C10H16N4O3S/c1-7(6-18-2)3-11-9(15)5-14-4-8(10(16)17)12-13-14/h4,7H,3,5-6H2,1-2H3,(H,11,15)(H,16,17). The Balaban J connectivity index is 2.37. The molecular formula is C10H16N4O3S. The van der Waals surface area contributed by atoms with E-state index in [2.05, 4.69) is 22.6 Å². The second kappa shape index (κ2) is 7.00. The summed E-state index contributed by atoms with van der Waals surface area (Å²) in [4.78, 5) is 22.1. The van der Waals surface area contributed by atoms with Gasteiger partial charge in [-0.05, 0) is 17.9 Å². The molecule has 0 aliphatic carbocycles. The van der Waals surface area contributed by atoms with E-state index in [9.17, 15) is 9.59 Å². The van der Waals surface area contributed by atoms with Crippen LogP contribution in [0.1, 0.15) is 17.4 Å². The third-order valence-corrected chi connectivity index (χ3v) is 3.06. The van der Waals surface area contributed by atoms with E-state index < -0.39 is 5.97 Å². The van der Waals surface area contributed by atoms with E-state index in [0.717, 1.165) is 5.75 Å². The van der Waals surface area contributed by atoms with E-state index in [1.807, 2.05) is 6.26 Å². The third-order valence-electron chi connectivity index (χ3n) is 2.16. The van der Waals surface area contributed by atoms with Crippen LogP contribution in [0, 0.1) is 5.92 Å². The highest BCUT2D eigenvalue weighted by Crippen LogP contribution is 2.02. The fourth-order valence-corrected chi connectivity index (χ4v) is 2.00. The Labute approximate surface area is 109 Å². The number of carbonyl (C=O) groups excluding carboxylic acids is 1. The van der Waals surface area contributed by atoms with Gasteiger partial charge in [0.05, 0.1) is 6.20 Å². The first-order valence-electron chi connectivity index (χ1n) is 5.42. The number of amides is 1. The minimum Gasteiger partial charge on any atom is -0.476 e. The lowest BCUT2D eigenvalue weighted by atomic mass is 10.2. The average Bonchev–Trinajstić information content (AvgIpc) is 2.75. The SMILES string of the molecule is CSCC(C)CNC(=O)Cn1cc(C(=O)O)nn1. The molecule has 0 saturated heterocycles. The maximum atomic E-state index is 11.5. The molecule has 100 valence electrons. The largest absolute Gasteiger partial charge is 0.476 e. The highest BCUT2D eigenvalue weighted by Gasteiger charge is 2.11. The van der Waals surface area contributed by atoms with Crippen LogP contribution in [0.25, 0.3) is 0 Å². The second-order valence-electron chi connectivity index (χ2n) is 3.97. The molecule has 0 spiro atoms. The van der Waals surface area contributed by atoms with E-state index >= 15 is 0 Å². The molecule has 0 radical (unpaired) electrons. The number of carboxylic acids is 1. The van der Waals surface area contributed by atoms with Crippen LogP contribution >= 0.6 is 11.8 Å². The van der Waals surface area contributed by atoms with Gasteiger partial charge in [-0.25, -0.2) is 9.48 Å². The van der Waals surface area contributed by atoms with Crippen LogP contribution < -0.4 is 5.32 Å². The molecule has 0 aromatic carbocycles. The van der Waals surface area contributed by atoms with Crippen molar-refractivity contribution in [1.29, 1.82) is 0 Å². The Morgan fingerprint density at radius 2 is 2.33 bits per heavy atom. The summed E-state index contributed by atoms with van der Waals surface area (Å²) in [6.45, 7) is 2.63. The molecule has 1 amide bonds. The third kappa shape index (κ3) is 4.74. The van der Waals surface area contributed by atoms with Gasteiger partial charge >= 0.3 is 5.97 Å². The van der Waals surface area contributed by atoms with Crippen LogP contribution in [0.3, 0.4) is 0 Å². The molecule has 8 heteroatoms. The first-order chi connectivity index (χ1) is 8.52. The molecule has 0 bridgehead atoms. The number of hydrogen-bond donors (Lipinski definition) is 2. The van der Waals surface area contributed by atoms with Crippen molar-refractivity contribution in [3.05, 3.63) is 11.9 Å². The number of nitrogens with zero attached hydrogens (tertiary/aromatic N) is 3. The lowest BCUT2D eigenvalue weighted by Gasteiger charge is -2.10. The first-order valence-corrected chi connectivity index (χ1v) is 6.81. The average molecular weight is 272 g/mol. The van der Waals surface area contributed by atoms with Crippen LogP contribution in [0.2, 0.25) is 0 Å². The number of nitrogens with one attached hydrogen (secondary N) is 1. The molecule has 0 aliphatic heterocycles. The zero-order valence-corrected chi connectivity index (χ0v) is 11.1. The molecule has 7 nitrogen and oxygen atoms in total. The van der Waals surface area contributed by atoms with Gasteiger partial charge in [-0.15, -0.1) is 5.10 Å². The molecule has 1 aromatic rings. The van der Waals surface area contributed by atoms with Crippen molar-refractivity contribution in [2.75, 3.05) is 18.6 Å². The van der Waals surface area contributed by atoms with Gasteiger partial charge in [-0.2, -0.15) is 11.8 Å². The van der Waals surface area contributed by atoms with Gasteiger partial charge in [-0.3, -0.25) is 4.79 Å². The summed E-state index contributed by atoms with van der Waals surface area (Å²) in [5, 5.41) is 18.4. The first kappa shape index (κ1) is 14.5. The summed E-state index contributed by atoms with van der Waals surface area (Å²) in [5.74, 6) is 0.0153. The molecule has 1 unspecified atom stereocenters.